The van der Waals surface area contributed by atoms with Crippen LogP contribution in [-0.4, -0.2) is 28.8 Å². The van der Waals surface area contributed by atoms with E-state index in [9.17, 15) is 4.79 Å². The second kappa shape index (κ2) is 7.78. The van der Waals surface area contributed by atoms with E-state index in [0.717, 1.165) is 30.7 Å². The summed E-state index contributed by atoms with van der Waals surface area (Å²) >= 11 is 0. The fourth-order valence-corrected chi connectivity index (χ4v) is 2.33. The van der Waals surface area contributed by atoms with Gasteiger partial charge in [-0.3, -0.25) is 9.48 Å². The average Bonchev–Trinajstić information content (AvgIpc) is 2.88. The quantitative estimate of drug-likeness (QED) is 0.731. The van der Waals surface area contributed by atoms with Crippen LogP contribution in [0.2, 0.25) is 0 Å². The van der Waals surface area contributed by atoms with Crippen molar-refractivity contribution in [3.05, 3.63) is 30.0 Å². The van der Waals surface area contributed by atoms with Crippen molar-refractivity contribution in [2.45, 2.75) is 39.8 Å². The fourth-order valence-electron chi connectivity index (χ4n) is 2.33. The molecule has 0 unspecified atom stereocenters. The summed E-state index contributed by atoms with van der Waals surface area (Å²) in [4.78, 5) is 11.5. The number of benzene rings is 1. The first-order chi connectivity index (χ1) is 10.3. The molecule has 0 radical (unpaired) electrons. The van der Waals surface area contributed by atoms with Gasteiger partial charge in [0.05, 0.1) is 11.2 Å². The first-order valence-electron chi connectivity index (χ1n) is 7.68. The molecule has 21 heavy (non-hydrogen) atoms. The van der Waals surface area contributed by atoms with E-state index in [2.05, 4.69) is 34.8 Å². The minimum Gasteiger partial charge on any atom is -0.356 e. The molecule has 0 fully saturated rings. The Kier molecular flexibility index (Phi) is 5.75. The van der Waals surface area contributed by atoms with E-state index < -0.39 is 0 Å². The number of hydrogen-bond donors (Lipinski definition) is 2. The Bertz CT molecular complexity index is 591. The van der Waals surface area contributed by atoms with Crippen LogP contribution in [0.15, 0.2) is 24.3 Å². The van der Waals surface area contributed by atoms with Crippen molar-refractivity contribution in [3.63, 3.8) is 0 Å². The number of nitrogens with one attached hydrogen (secondary N) is 2. The van der Waals surface area contributed by atoms with Crippen molar-refractivity contribution >= 4 is 16.8 Å². The van der Waals surface area contributed by atoms with Crippen LogP contribution in [0.3, 0.4) is 0 Å². The Morgan fingerprint density at radius 1 is 1.24 bits per heavy atom. The lowest BCUT2D eigenvalue weighted by Crippen LogP contribution is -2.28. The molecule has 5 heteroatoms. The predicted molar refractivity (Wildman–Crippen MR) is 85.0 cm³/mol. The van der Waals surface area contributed by atoms with Gasteiger partial charge in [0.25, 0.3) is 0 Å². The lowest BCUT2D eigenvalue weighted by atomic mass is 10.2. The third kappa shape index (κ3) is 4.04. The molecule has 0 bridgehead atoms. The van der Waals surface area contributed by atoms with Gasteiger partial charge in [0, 0.05) is 38.0 Å². The molecule has 0 saturated heterocycles. The van der Waals surface area contributed by atoms with Gasteiger partial charge in [-0.25, -0.2) is 0 Å². The van der Waals surface area contributed by atoms with Crippen molar-refractivity contribution < 1.29 is 4.79 Å². The molecule has 0 aliphatic rings. The molecule has 114 valence electrons. The Balaban J connectivity index is 1.88. The molecular formula is C16H24N4O. The van der Waals surface area contributed by atoms with Crippen molar-refractivity contribution in [2.75, 3.05) is 13.1 Å². The Hall–Kier alpha value is -1.88. The number of rotatable bonds is 8. The van der Waals surface area contributed by atoms with E-state index in [1.165, 1.54) is 5.39 Å². The zero-order valence-electron chi connectivity index (χ0n) is 12.9. The van der Waals surface area contributed by atoms with E-state index in [1.54, 1.807) is 0 Å². The first kappa shape index (κ1) is 15.5. The highest BCUT2D eigenvalue weighted by molar-refractivity contribution is 5.81. The molecule has 0 aliphatic heterocycles. The summed E-state index contributed by atoms with van der Waals surface area (Å²) in [5, 5.41) is 12.0. The number of aromatic nitrogens is 2. The standard InChI is InChI=1S/C16H24N4O/c1-3-10-18-16(21)9-11-17-12-14-13-7-5-6-8-15(13)20(4-2)19-14/h5-8,17H,3-4,9-12H2,1-2H3,(H,18,21). The third-order valence-corrected chi connectivity index (χ3v) is 3.43. The minimum atomic E-state index is 0.105. The Labute approximate surface area is 125 Å². The van der Waals surface area contributed by atoms with Gasteiger partial charge in [0.15, 0.2) is 0 Å². The minimum absolute atomic E-state index is 0.105. The number of para-hydroxylation sites is 1. The van der Waals surface area contributed by atoms with Crippen molar-refractivity contribution in [1.82, 2.24) is 20.4 Å². The second-order valence-electron chi connectivity index (χ2n) is 5.06. The summed E-state index contributed by atoms with van der Waals surface area (Å²) in [7, 11) is 0. The lowest BCUT2D eigenvalue weighted by Gasteiger charge is -2.04. The Morgan fingerprint density at radius 3 is 2.81 bits per heavy atom. The van der Waals surface area contributed by atoms with Crippen LogP contribution in [0.1, 0.15) is 32.4 Å². The van der Waals surface area contributed by atoms with E-state index in [1.807, 2.05) is 23.7 Å². The normalized spacial score (nSPS) is 11.0. The molecule has 0 atom stereocenters. The highest BCUT2D eigenvalue weighted by Crippen LogP contribution is 2.18. The molecule has 1 aromatic heterocycles. The van der Waals surface area contributed by atoms with E-state index in [-0.39, 0.29) is 5.91 Å². The maximum absolute atomic E-state index is 11.5. The summed E-state index contributed by atoms with van der Waals surface area (Å²) in [5.74, 6) is 0.105. The molecule has 1 heterocycles. The average molecular weight is 288 g/mol. The smallest absolute Gasteiger partial charge is 0.221 e. The summed E-state index contributed by atoms with van der Waals surface area (Å²) < 4.78 is 2.01. The number of carbonyl (C=O) groups excluding carboxylic acids is 1. The zero-order chi connectivity index (χ0) is 15.1. The molecule has 1 aromatic carbocycles. The zero-order valence-corrected chi connectivity index (χ0v) is 12.9. The van der Waals surface area contributed by atoms with Crippen LogP contribution in [0.5, 0.6) is 0 Å². The highest BCUT2D eigenvalue weighted by Gasteiger charge is 2.08. The van der Waals surface area contributed by atoms with Crippen LogP contribution in [-0.2, 0) is 17.9 Å². The maximum atomic E-state index is 11.5. The van der Waals surface area contributed by atoms with E-state index >= 15 is 0 Å². The van der Waals surface area contributed by atoms with Gasteiger partial charge < -0.3 is 10.6 Å². The molecule has 0 saturated carbocycles. The summed E-state index contributed by atoms with van der Waals surface area (Å²) in [5.41, 5.74) is 2.21. The van der Waals surface area contributed by atoms with Gasteiger partial charge in [-0.1, -0.05) is 25.1 Å². The lowest BCUT2D eigenvalue weighted by molar-refractivity contribution is -0.120. The molecule has 5 nitrogen and oxygen atoms in total. The number of nitrogens with zero attached hydrogens (tertiary/aromatic N) is 2. The third-order valence-electron chi connectivity index (χ3n) is 3.43. The van der Waals surface area contributed by atoms with Gasteiger partial charge in [0.2, 0.25) is 5.91 Å². The fraction of sp³-hybridized carbons (Fsp3) is 0.500. The molecule has 0 spiro atoms. The molecule has 2 rings (SSSR count). The molecule has 1 amide bonds. The maximum Gasteiger partial charge on any atom is 0.221 e. The van der Waals surface area contributed by atoms with Crippen LogP contribution in [0.4, 0.5) is 0 Å². The van der Waals surface area contributed by atoms with E-state index in [4.69, 9.17) is 0 Å². The Morgan fingerprint density at radius 2 is 2.05 bits per heavy atom. The van der Waals surface area contributed by atoms with Crippen LogP contribution in [0, 0.1) is 0 Å². The van der Waals surface area contributed by atoms with Crippen LogP contribution >= 0.6 is 0 Å². The molecular weight excluding hydrogens is 264 g/mol. The van der Waals surface area contributed by atoms with Gasteiger partial charge in [-0.05, 0) is 19.4 Å². The monoisotopic (exact) mass is 288 g/mol. The van der Waals surface area contributed by atoms with Gasteiger partial charge >= 0.3 is 0 Å². The predicted octanol–water partition coefficient (Wildman–Crippen LogP) is 2.06. The van der Waals surface area contributed by atoms with Gasteiger partial charge in [-0.2, -0.15) is 5.10 Å². The molecule has 2 N–H and O–H groups in total. The largest absolute Gasteiger partial charge is 0.356 e. The SMILES string of the molecule is CCCNC(=O)CCNCc1nn(CC)c2ccccc12. The van der Waals surface area contributed by atoms with Crippen molar-refractivity contribution in [3.8, 4) is 0 Å². The van der Waals surface area contributed by atoms with Crippen LogP contribution < -0.4 is 10.6 Å². The number of amides is 1. The highest BCUT2D eigenvalue weighted by atomic mass is 16.1. The van der Waals surface area contributed by atoms with Gasteiger partial charge in [0.1, 0.15) is 0 Å². The summed E-state index contributed by atoms with van der Waals surface area (Å²) in [6.45, 7) is 7.12. The number of hydrogen-bond acceptors (Lipinski definition) is 3. The van der Waals surface area contributed by atoms with Crippen LogP contribution in [0.25, 0.3) is 10.9 Å². The topological polar surface area (TPSA) is 59.0 Å². The molecule has 2 aromatic rings. The van der Waals surface area contributed by atoms with Crippen molar-refractivity contribution in [1.29, 1.82) is 0 Å². The second-order valence-corrected chi connectivity index (χ2v) is 5.06. The number of carbonyl (C=O) groups is 1. The summed E-state index contributed by atoms with van der Waals surface area (Å²) in [6, 6.07) is 8.25. The summed E-state index contributed by atoms with van der Waals surface area (Å²) in [6.07, 6.45) is 1.48. The number of aryl methyl sites for hydroxylation is 1. The molecule has 0 aliphatic carbocycles. The number of fused-ring (bicyclic) bond motifs is 1. The van der Waals surface area contributed by atoms with Crippen molar-refractivity contribution in [2.24, 2.45) is 0 Å². The first-order valence-corrected chi connectivity index (χ1v) is 7.68. The van der Waals surface area contributed by atoms with E-state index in [0.29, 0.717) is 19.5 Å². The van der Waals surface area contributed by atoms with Gasteiger partial charge in [-0.15, -0.1) is 0 Å².